The standard InChI is InChI=1S/C14H19N3O2/c1-3-19-8-9(2)17-14(18)12-7-16-13-6-10(15)4-5-11(12)13/h4-7,9,16H,3,8,15H2,1-2H3,(H,17,18). The number of nitrogens with one attached hydrogen (secondary N) is 2. The van der Waals surface area contributed by atoms with Crippen LogP contribution in [0.5, 0.6) is 0 Å². The highest BCUT2D eigenvalue weighted by Crippen LogP contribution is 2.20. The molecule has 0 saturated carbocycles. The Morgan fingerprint density at radius 1 is 1.53 bits per heavy atom. The lowest BCUT2D eigenvalue weighted by Gasteiger charge is -2.13. The molecular weight excluding hydrogens is 242 g/mol. The molecule has 1 aromatic carbocycles. The van der Waals surface area contributed by atoms with Crippen LogP contribution in [-0.2, 0) is 4.74 Å². The Balaban J connectivity index is 2.13. The maximum atomic E-state index is 12.2. The zero-order valence-electron chi connectivity index (χ0n) is 11.2. The number of ether oxygens (including phenoxy) is 1. The summed E-state index contributed by atoms with van der Waals surface area (Å²) in [6, 6.07) is 5.43. The van der Waals surface area contributed by atoms with E-state index in [9.17, 15) is 4.79 Å². The van der Waals surface area contributed by atoms with Crippen LogP contribution in [-0.4, -0.2) is 30.1 Å². The molecule has 0 aliphatic carbocycles. The van der Waals surface area contributed by atoms with Gasteiger partial charge < -0.3 is 20.8 Å². The minimum atomic E-state index is -0.108. The number of fused-ring (bicyclic) bond motifs is 1. The summed E-state index contributed by atoms with van der Waals surface area (Å²) >= 11 is 0. The van der Waals surface area contributed by atoms with Gasteiger partial charge in [0.2, 0.25) is 0 Å². The van der Waals surface area contributed by atoms with E-state index < -0.39 is 0 Å². The maximum absolute atomic E-state index is 12.2. The second-order valence-electron chi connectivity index (χ2n) is 4.54. The molecule has 0 spiro atoms. The number of nitrogen functional groups attached to an aromatic ring is 1. The molecule has 5 nitrogen and oxygen atoms in total. The van der Waals surface area contributed by atoms with Crippen molar-refractivity contribution in [3.63, 3.8) is 0 Å². The number of H-pyrrole nitrogens is 1. The highest BCUT2D eigenvalue weighted by atomic mass is 16.5. The number of hydrogen-bond donors (Lipinski definition) is 3. The average Bonchev–Trinajstić information content (AvgIpc) is 2.79. The van der Waals surface area contributed by atoms with Crippen molar-refractivity contribution in [2.24, 2.45) is 0 Å². The third-order valence-corrected chi connectivity index (χ3v) is 2.90. The number of carbonyl (C=O) groups excluding carboxylic acids is 1. The summed E-state index contributed by atoms with van der Waals surface area (Å²) < 4.78 is 5.28. The molecule has 2 rings (SSSR count). The molecule has 4 N–H and O–H groups in total. The van der Waals surface area contributed by atoms with Gasteiger partial charge in [-0.1, -0.05) is 0 Å². The monoisotopic (exact) mass is 261 g/mol. The van der Waals surface area contributed by atoms with Crippen LogP contribution in [0.15, 0.2) is 24.4 Å². The molecule has 19 heavy (non-hydrogen) atoms. The third kappa shape index (κ3) is 3.06. The fraction of sp³-hybridized carbons (Fsp3) is 0.357. The number of aromatic amines is 1. The molecule has 0 aliphatic heterocycles. The van der Waals surface area contributed by atoms with E-state index in [-0.39, 0.29) is 11.9 Å². The summed E-state index contributed by atoms with van der Waals surface area (Å²) in [5.41, 5.74) is 7.87. The SMILES string of the molecule is CCOCC(C)NC(=O)c1c[nH]c2cc(N)ccc12. The topological polar surface area (TPSA) is 80.1 Å². The summed E-state index contributed by atoms with van der Waals surface area (Å²) in [5, 5.41) is 3.78. The van der Waals surface area contributed by atoms with Gasteiger partial charge in [0.25, 0.3) is 5.91 Å². The van der Waals surface area contributed by atoms with Gasteiger partial charge >= 0.3 is 0 Å². The normalized spacial score (nSPS) is 12.5. The second kappa shape index (κ2) is 5.75. The Morgan fingerprint density at radius 2 is 2.32 bits per heavy atom. The summed E-state index contributed by atoms with van der Waals surface area (Å²) in [6.45, 7) is 5.00. The van der Waals surface area contributed by atoms with E-state index in [0.29, 0.717) is 24.5 Å². The van der Waals surface area contributed by atoms with E-state index in [2.05, 4.69) is 10.3 Å². The smallest absolute Gasteiger partial charge is 0.253 e. The Hall–Kier alpha value is -2.01. The van der Waals surface area contributed by atoms with Crippen LogP contribution >= 0.6 is 0 Å². The van der Waals surface area contributed by atoms with E-state index in [1.165, 1.54) is 0 Å². The van der Waals surface area contributed by atoms with Crippen LogP contribution in [0.2, 0.25) is 0 Å². The number of nitrogens with two attached hydrogens (primary N) is 1. The fourth-order valence-corrected chi connectivity index (χ4v) is 1.97. The van der Waals surface area contributed by atoms with Crippen LogP contribution in [0.3, 0.4) is 0 Å². The van der Waals surface area contributed by atoms with Crippen molar-refractivity contribution in [3.8, 4) is 0 Å². The lowest BCUT2D eigenvalue weighted by molar-refractivity contribution is 0.0873. The van der Waals surface area contributed by atoms with Gasteiger partial charge in [-0.15, -0.1) is 0 Å². The summed E-state index contributed by atoms with van der Waals surface area (Å²) in [4.78, 5) is 15.2. The van der Waals surface area contributed by atoms with E-state index in [0.717, 1.165) is 10.9 Å². The lowest BCUT2D eigenvalue weighted by Crippen LogP contribution is -2.35. The fourth-order valence-electron chi connectivity index (χ4n) is 1.97. The first-order valence-corrected chi connectivity index (χ1v) is 6.37. The molecule has 5 heteroatoms. The molecule has 0 fully saturated rings. The van der Waals surface area contributed by atoms with Crippen molar-refractivity contribution in [2.75, 3.05) is 18.9 Å². The molecule has 1 atom stereocenters. The zero-order valence-corrected chi connectivity index (χ0v) is 11.2. The largest absolute Gasteiger partial charge is 0.399 e. The van der Waals surface area contributed by atoms with Crippen LogP contribution < -0.4 is 11.1 Å². The van der Waals surface area contributed by atoms with Crippen LogP contribution in [0.25, 0.3) is 10.9 Å². The molecule has 0 aliphatic rings. The molecular formula is C14H19N3O2. The van der Waals surface area contributed by atoms with E-state index >= 15 is 0 Å². The van der Waals surface area contributed by atoms with E-state index in [1.807, 2.05) is 26.0 Å². The second-order valence-corrected chi connectivity index (χ2v) is 4.54. The lowest BCUT2D eigenvalue weighted by atomic mass is 10.1. The molecule has 1 aromatic heterocycles. The minimum absolute atomic E-state index is 0.0221. The zero-order chi connectivity index (χ0) is 13.8. The number of anilines is 1. The molecule has 1 heterocycles. The van der Waals surface area contributed by atoms with Gasteiger partial charge in [0, 0.05) is 35.4 Å². The molecule has 0 bridgehead atoms. The van der Waals surface area contributed by atoms with Gasteiger partial charge in [0.1, 0.15) is 0 Å². The molecule has 1 unspecified atom stereocenters. The minimum Gasteiger partial charge on any atom is -0.399 e. The molecule has 1 amide bonds. The quantitative estimate of drug-likeness (QED) is 0.719. The number of benzene rings is 1. The predicted molar refractivity (Wildman–Crippen MR) is 76.1 cm³/mol. The number of aromatic nitrogens is 1. The first kappa shape index (κ1) is 13.4. The first-order chi connectivity index (χ1) is 9.11. The molecule has 2 aromatic rings. The van der Waals surface area contributed by atoms with Crippen molar-refractivity contribution in [1.29, 1.82) is 0 Å². The highest BCUT2D eigenvalue weighted by Gasteiger charge is 2.14. The first-order valence-electron chi connectivity index (χ1n) is 6.37. The Morgan fingerprint density at radius 3 is 3.05 bits per heavy atom. The van der Waals surface area contributed by atoms with Crippen molar-refractivity contribution in [2.45, 2.75) is 19.9 Å². The van der Waals surface area contributed by atoms with Crippen molar-refractivity contribution in [3.05, 3.63) is 30.0 Å². The third-order valence-electron chi connectivity index (χ3n) is 2.90. The predicted octanol–water partition coefficient (Wildman–Crippen LogP) is 1.90. The molecule has 102 valence electrons. The van der Waals surface area contributed by atoms with Gasteiger partial charge in [-0.2, -0.15) is 0 Å². The Bertz CT molecular complexity index is 577. The average molecular weight is 261 g/mol. The van der Waals surface area contributed by atoms with Gasteiger partial charge in [0.15, 0.2) is 0 Å². The van der Waals surface area contributed by atoms with Gasteiger partial charge in [-0.3, -0.25) is 4.79 Å². The Kier molecular flexibility index (Phi) is 4.06. The van der Waals surface area contributed by atoms with Gasteiger partial charge in [-0.25, -0.2) is 0 Å². The highest BCUT2D eigenvalue weighted by molar-refractivity contribution is 6.07. The number of amides is 1. The maximum Gasteiger partial charge on any atom is 0.253 e. The number of hydrogen-bond acceptors (Lipinski definition) is 3. The van der Waals surface area contributed by atoms with E-state index in [4.69, 9.17) is 10.5 Å². The summed E-state index contributed by atoms with van der Waals surface area (Å²) in [7, 11) is 0. The van der Waals surface area contributed by atoms with Crippen LogP contribution in [0, 0.1) is 0 Å². The number of rotatable bonds is 5. The van der Waals surface area contributed by atoms with Crippen molar-refractivity contribution >= 4 is 22.5 Å². The van der Waals surface area contributed by atoms with E-state index in [1.54, 1.807) is 12.3 Å². The van der Waals surface area contributed by atoms with Crippen molar-refractivity contribution in [1.82, 2.24) is 10.3 Å². The molecule has 0 saturated heterocycles. The van der Waals surface area contributed by atoms with Crippen LogP contribution in [0.1, 0.15) is 24.2 Å². The van der Waals surface area contributed by atoms with Gasteiger partial charge in [-0.05, 0) is 32.0 Å². The Labute approximate surface area is 112 Å². The van der Waals surface area contributed by atoms with Crippen LogP contribution in [0.4, 0.5) is 5.69 Å². The molecule has 0 radical (unpaired) electrons. The van der Waals surface area contributed by atoms with Gasteiger partial charge in [0.05, 0.1) is 12.2 Å². The number of carbonyl (C=O) groups is 1. The summed E-state index contributed by atoms with van der Waals surface area (Å²) in [6.07, 6.45) is 1.70. The van der Waals surface area contributed by atoms with Crippen molar-refractivity contribution < 1.29 is 9.53 Å². The summed E-state index contributed by atoms with van der Waals surface area (Å²) in [5.74, 6) is -0.108.